The van der Waals surface area contributed by atoms with E-state index in [-0.39, 0.29) is 28.3 Å². The van der Waals surface area contributed by atoms with Gasteiger partial charge >= 0.3 is 5.97 Å². The highest BCUT2D eigenvalue weighted by Gasteiger charge is 2.19. The second-order valence-electron chi connectivity index (χ2n) is 5.83. The fourth-order valence-corrected chi connectivity index (χ4v) is 2.63. The molecule has 0 aliphatic rings. The Morgan fingerprint density at radius 1 is 1.14 bits per heavy atom. The van der Waals surface area contributed by atoms with E-state index in [1.807, 2.05) is 0 Å². The van der Waals surface area contributed by atoms with E-state index in [0.29, 0.717) is 5.56 Å². The minimum atomic E-state index is -1.01. The topological polar surface area (TPSA) is 121 Å². The number of ether oxygens (including phenoxy) is 1. The number of nitrogens with zero attached hydrogens (tertiary/aromatic N) is 2. The van der Waals surface area contributed by atoms with Gasteiger partial charge in [-0.3, -0.25) is 4.79 Å². The van der Waals surface area contributed by atoms with Gasteiger partial charge in [0, 0.05) is 16.7 Å². The lowest BCUT2D eigenvalue weighted by Crippen LogP contribution is -2.13. The highest BCUT2D eigenvalue weighted by atomic mass is 35.5. The number of carbonyl (C=O) groups is 2. The fraction of sp³-hybridized carbons (Fsp3) is 0.0526. The van der Waals surface area contributed by atoms with Crippen LogP contribution in [0.25, 0.3) is 11.3 Å². The van der Waals surface area contributed by atoms with E-state index < -0.39 is 35.1 Å². The molecular weight excluding hydrogens is 406 g/mol. The molecule has 0 radical (unpaired) electrons. The van der Waals surface area contributed by atoms with Crippen molar-refractivity contribution in [2.75, 3.05) is 5.73 Å². The lowest BCUT2D eigenvalue weighted by molar-refractivity contribution is 0.0462. The Labute approximate surface area is 168 Å². The second kappa shape index (κ2) is 8.19. The molecule has 0 saturated heterocycles. The fourth-order valence-electron chi connectivity index (χ4n) is 2.43. The summed E-state index contributed by atoms with van der Waals surface area (Å²) in [4.78, 5) is 31.7. The maximum absolute atomic E-state index is 13.8. The van der Waals surface area contributed by atoms with Gasteiger partial charge in [-0.05, 0) is 24.3 Å². The SMILES string of the molecule is NC(=O)c1cccc(-c2cnc(N)c(C(=O)OCc3c(F)ccc(F)c3Cl)n2)c1. The van der Waals surface area contributed by atoms with Crippen LogP contribution in [0.4, 0.5) is 14.6 Å². The van der Waals surface area contributed by atoms with Crippen LogP contribution in [-0.2, 0) is 11.3 Å². The number of esters is 1. The Morgan fingerprint density at radius 2 is 1.86 bits per heavy atom. The predicted octanol–water partition coefficient (Wildman–Crippen LogP) is 3.11. The van der Waals surface area contributed by atoms with Crippen molar-refractivity contribution in [3.8, 4) is 11.3 Å². The van der Waals surface area contributed by atoms with Gasteiger partial charge in [-0.2, -0.15) is 0 Å². The van der Waals surface area contributed by atoms with E-state index >= 15 is 0 Å². The zero-order chi connectivity index (χ0) is 21.1. The summed E-state index contributed by atoms with van der Waals surface area (Å²) in [5.41, 5.74) is 11.2. The van der Waals surface area contributed by atoms with Crippen molar-refractivity contribution in [3.05, 3.63) is 76.1 Å². The van der Waals surface area contributed by atoms with Gasteiger partial charge < -0.3 is 16.2 Å². The van der Waals surface area contributed by atoms with Crippen molar-refractivity contribution >= 4 is 29.3 Å². The largest absolute Gasteiger partial charge is 0.456 e. The summed E-state index contributed by atoms with van der Waals surface area (Å²) in [6.07, 6.45) is 1.30. The molecule has 4 N–H and O–H groups in total. The number of amides is 1. The lowest BCUT2D eigenvalue weighted by atomic mass is 10.1. The van der Waals surface area contributed by atoms with Gasteiger partial charge in [0.15, 0.2) is 11.5 Å². The first-order valence-electron chi connectivity index (χ1n) is 8.10. The van der Waals surface area contributed by atoms with Gasteiger partial charge in [-0.15, -0.1) is 0 Å². The summed E-state index contributed by atoms with van der Waals surface area (Å²) in [7, 11) is 0. The Hall–Kier alpha value is -3.59. The monoisotopic (exact) mass is 418 g/mol. The summed E-state index contributed by atoms with van der Waals surface area (Å²) in [6, 6.07) is 7.92. The van der Waals surface area contributed by atoms with Crippen molar-refractivity contribution in [1.82, 2.24) is 9.97 Å². The molecular formula is C19H13ClF2N4O3. The smallest absolute Gasteiger partial charge is 0.361 e. The Morgan fingerprint density at radius 3 is 2.59 bits per heavy atom. The average molecular weight is 419 g/mol. The zero-order valence-corrected chi connectivity index (χ0v) is 15.4. The van der Waals surface area contributed by atoms with E-state index in [9.17, 15) is 18.4 Å². The normalized spacial score (nSPS) is 10.6. The Balaban J connectivity index is 1.87. The van der Waals surface area contributed by atoms with Crippen LogP contribution in [0.15, 0.2) is 42.6 Å². The number of nitrogens with two attached hydrogens (primary N) is 2. The molecule has 2 aromatic carbocycles. The zero-order valence-electron chi connectivity index (χ0n) is 14.7. The van der Waals surface area contributed by atoms with Crippen LogP contribution in [0.3, 0.4) is 0 Å². The predicted molar refractivity (Wildman–Crippen MR) is 101 cm³/mol. The molecule has 3 rings (SSSR count). The first-order chi connectivity index (χ1) is 13.8. The number of nitrogen functional groups attached to an aromatic ring is 1. The van der Waals surface area contributed by atoms with Crippen LogP contribution in [0.2, 0.25) is 5.02 Å². The molecule has 3 aromatic rings. The van der Waals surface area contributed by atoms with E-state index in [0.717, 1.165) is 12.1 Å². The third kappa shape index (κ3) is 4.30. The molecule has 0 aliphatic carbocycles. The van der Waals surface area contributed by atoms with E-state index in [1.165, 1.54) is 18.3 Å². The van der Waals surface area contributed by atoms with E-state index in [4.69, 9.17) is 27.8 Å². The number of rotatable bonds is 5. The first kappa shape index (κ1) is 20.2. The van der Waals surface area contributed by atoms with Crippen LogP contribution in [-0.4, -0.2) is 21.8 Å². The number of primary amides is 1. The molecule has 0 saturated carbocycles. The van der Waals surface area contributed by atoms with Gasteiger partial charge in [0.2, 0.25) is 5.91 Å². The molecule has 0 aliphatic heterocycles. The van der Waals surface area contributed by atoms with Crippen molar-refractivity contribution in [2.45, 2.75) is 6.61 Å². The second-order valence-corrected chi connectivity index (χ2v) is 6.21. The maximum atomic E-state index is 13.8. The number of hydrogen-bond acceptors (Lipinski definition) is 6. The number of hydrogen-bond donors (Lipinski definition) is 2. The third-order valence-electron chi connectivity index (χ3n) is 3.92. The number of anilines is 1. The molecule has 1 aromatic heterocycles. The molecule has 1 heterocycles. The number of carbonyl (C=O) groups excluding carboxylic acids is 2. The number of aromatic nitrogens is 2. The molecule has 7 nitrogen and oxygen atoms in total. The molecule has 0 unspecified atom stereocenters. The number of benzene rings is 2. The highest BCUT2D eigenvalue weighted by molar-refractivity contribution is 6.31. The molecule has 0 bridgehead atoms. The summed E-state index contributed by atoms with van der Waals surface area (Å²) in [5, 5.41) is -0.492. The molecule has 0 fully saturated rings. The molecule has 29 heavy (non-hydrogen) atoms. The minimum Gasteiger partial charge on any atom is -0.456 e. The molecule has 0 spiro atoms. The molecule has 0 atom stereocenters. The van der Waals surface area contributed by atoms with Gasteiger partial charge in [0.25, 0.3) is 0 Å². The summed E-state index contributed by atoms with van der Waals surface area (Å²) < 4.78 is 32.3. The van der Waals surface area contributed by atoms with Gasteiger partial charge in [0.05, 0.1) is 16.9 Å². The summed E-state index contributed by atoms with van der Waals surface area (Å²) in [5.74, 6) is -3.56. The van der Waals surface area contributed by atoms with Gasteiger partial charge in [0.1, 0.15) is 18.2 Å². The van der Waals surface area contributed by atoms with Crippen LogP contribution in [0.5, 0.6) is 0 Å². The van der Waals surface area contributed by atoms with E-state index in [1.54, 1.807) is 12.1 Å². The standard InChI is InChI=1S/C19H13ClF2N4O3/c20-15-11(12(21)4-5-13(15)22)8-29-19(28)16-17(23)25-7-14(26-16)9-2-1-3-10(6-9)18(24)27/h1-7H,8H2,(H2,23,25)(H2,24,27). The third-order valence-corrected chi connectivity index (χ3v) is 4.33. The first-order valence-corrected chi connectivity index (χ1v) is 8.48. The van der Waals surface area contributed by atoms with Crippen molar-refractivity contribution in [3.63, 3.8) is 0 Å². The van der Waals surface area contributed by atoms with Crippen LogP contribution < -0.4 is 11.5 Å². The molecule has 1 amide bonds. The molecule has 10 heteroatoms. The van der Waals surface area contributed by atoms with E-state index in [2.05, 4.69) is 9.97 Å². The van der Waals surface area contributed by atoms with Crippen molar-refractivity contribution in [2.24, 2.45) is 5.73 Å². The van der Waals surface area contributed by atoms with Crippen LogP contribution in [0.1, 0.15) is 26.4 Å². The van der Waals surface area contributed by atoms with Crippen molar-refractivity contribution in [1.29, 1.82) is 0 Å². The number of halogens is 3. The molecule has 148 valence electrons. The summed E-state index contributed by atoms with van der Waals surface area (Å²) in [6.45, 7) is -0.635. The average Bonchev–Trinajstić information content (AvgIpc) is 2.71. The van der Waals surface area contributed by atoms with Crippen LogP contribution in [0, 0.1) is 11.6 Å². The van der Waals surface area contributed by atoms with Crippen LogP contribution >= 0.6 is 11.6 Å². The summed E-state index contributed by atoms with van der Waals surface area (Å²) >= 11 is 5.71. The lowest BCUT2D eigenvalue weighted by Gasteiger charge is -2.10. The quantitative estimate of drug-likeness (QED) is 0.485. The highest BCUT2D eigenvalue weighted by Crippen LogP contribution is 2.25. The van der Waals surface area contributed by atoms with Gasteiger partial charge in [-0.1, -0.05) is 23.7 Å². The van der Waals surface area contributed by atoms with Gasteiger partial charge in [-0.25, -0.2) is 23.5 Å². The maximum Gasteiger partial charge on any atom is 0.361 e. The minimum absolute atomic E-state index is 0.226. The van der Waals surface area contributed by atoms with Crippen molar-refractivity contribution < 1.29 is 23.1 Å². The Kier molecular flexibility index (Phi) is 5.69. The Bertz CT molecular complexity index is 1120.